The number of halogens is 1. The molecule has 0 atom stereocenters. The van der Waals surface area contributed by atoms with Crippen LogP contribution in [0.5, 0.6) is 0 Å². The Morgan fingerprint density at radius 1 is 1.05 bits per heavy atom. The number of rotatable bonds is 5. The van der Waals surface area contributed by atoms with Gasteiger partial charge < -0.3 is 20.2 Å². The molecule has 6 rings (SSSR count). The second-order valence-corrected chi connectivity index (χ2v) is 9.86. The minimum Gasteiger partial charge on any atom is -0.383 e. The van der Waals surface area contributed by atoms with Crippen LogP contribution in [0.2, 0.25) is 0 Å². The van der Waals surface area contributed by atoms with Crippen molar-refractivity contribution in [3.8, 4) is 11.1 Å². The van der Waals surface area contributed by atoms with Crippen LogP contribution in [0.15, 0.2) is 71.9 Å². The highest BCUT2D eigenvalue weighted by Crippen LogP contribution is 2.32. The number of aryl methyl sites for hydroxylation is 1. The maximum Gasteiger partial charge on any atom is 0.263 e. The molecule has 1 amide bonds. The summed E-state index contributed by atoms with van der Waals surface area (Å²) in [6.45, 7) is 0.0555. The molecule has 0 unspecified atom stereocenters. The highest BCUT2D eigenvalue weighted by Gasteiger charge is 2.26. The van der Waals surface area contributed by atoms with E-state index in [0.29, 0.717) is 53.2 Å². The van der Waals surface area contributed by atoms with Gasteiger partial charge in [-0.2, -0.15) is 0 Å². The van der Waals surface area contributed by atoms with Crippen LogP contribution in [0.3, 0.4) is 0 Å². The topological polar surface area (TPSA) is 125 Å². The van der Waals surface area contributed by atoms with Gasteiger partial charge in [0.2, 0.25) is 0 Å². The van der Waals surface area contributed by atoms with E-state index >= 15 is 0 Å². The number of benzene rings is 2. The first-order chi connectivity index (χ1) is 19.3. The Morgan fingerprint density at radius 2 is 1.85 bits per heavy atom. The summed E-state index contributed by atoms with van der Waals surface area (Å²) in [5.41, 5.74) is 9.81. The first-order valence-electron chi connectivity index (χ1n) is 12.8. The Labute approximate surface area is 228 Å². The Kier molecular flexibility index (Phi) is 6.22. The third-order valence-electron chi connectivity index (χ3n) is 7.23. The second-order valence-electron chi connectivity index (χ2n) is 9.86. The Morgan fingerprint density at radius 3 is 2.62 bits per heavy atom. The number of nitrogens with two attached hydrogens (primary N) is 1. The lowest BCUT2D eigenvalue weighted by atomic mass is 9.92. The number of carbonyl (C=O) groups is 2. The van der Waals surface area contributed by atoms with E-state index in [9.17, 15) is 18.8 Å². The van der Waals surface area contributed by atoms with Gasteiger partial charge in [0.05, 0.1) is 11.9 Å². The molecule has 200 valence electrons. The fourth-order valence-electron chi connectivity index (χ4n) is 5.30. The van der Waals surface area contributed by atoms with Gasteiger partial charge in [-0.1, -0.05) is 24.3 Å². The van der Waals surface area contributed by atoms with Crippen molar-refractivity contribution in [1.29, 1.82) is 0 Å². The van der Waals surface area contributed by atoms with Crippen LogP contribution >= 0.6 is 0 Å². The van der Waals surface area contributed by atoms with Crippen molar-refractivity contribution >= 4 is 34.2 Å². The van der Waals surface area contributed by atoms with E-state index < -0.39 is 17.3 Å². The molecule has 3 aromatic heterocycles. The van der Waals surface area contributed by atoms with Crippen molar-refractivity contribution in [2.45, 2.75) is 25.8 Å². The van der Waals surface area contributed by atoms with E-state index in [1.165, 1.54) is 29.1 Å². The van der Waals surface area contributed by atoms with E-state index in [-0.39, 0.29) is 17.9 Å². The van der Waals surface area contributed by atoms with Crippen molar-refractivity contribution in [1.82, 2.24) is 19.1 Å². The number of nitrogen functional groups attached to an aromatic ring is 1. The maximum atomic E-state index is 13.8. The first-order valence-corrected chi connectivity index (χ1v) is 12.8. The number of hydrogen-bond donors (Lipinski definition) is 2. The molecule has 0 spiro atoms. The number of pyridine rings is 1. The molecule has 1 aliphatic rings. The Bertz CT molecular complexity index is 1870. The fraction of sp³-hybridized carbons (Fsp3) is 0.167. The maximum absolute atomic E-state index is 13.8. The summed E-state index contributed by atoms with van der Waals surface area (Å²) >= 11 is 0. The highest BCUT2D eigenvalue weighted by molar-refractivity contribution is 6.07. The smallest absolute Gasteiger partial charge is 0.263 e. The summed E-state index contributed by atoms with van der Waals surface area (Å²) in [6, 6.07) is 14.4. The van der Waals surface area contributed by atoms with Gasteiger partial charge in [0.15, 0.2) is 5.78 Å². The van der Waals surface area contributed by atoms with Gasteiger partial charge in [-0.05, 0) is 54.3 Å². The van der Waals surface area contributed by atoms with Gasteiger partial charge in [-0.15, -0.1) is 0 Å². The average Bonchev–Trinajstić information content (AvgIpc) is 3.28. The molecule has 3 heterocycles. The number of nitrogens with zero attached hydrogens (tertiary/aromatic N) is 4. The molecule has 1 aliphatic carbocycles. The Hall–Kier alpha value is -5.12. The molecule has 0 radical (unpaired) electrons. The second kappa shape index (κ2) is 9.88. The van der Waals surface area contributed by atoms with Gasteiger partial charge in [-0.25, -0.2) is 14.4 Å². The summed E-state index contributed by atoms with van der Waals surface area (Å²) in [4.78, 5) is 48.0. The zero-order chi connectivity index (χ0) is 28.0. The number of ketones is 1. The van der Waals surface area contributed by atoms with E-state index in [4.69, 9.17) is 5.73 Å². The van der Waals surface area contributed by atoms with Gasteiger partial charge in [0, 0.05) is 42.2 Å². The molecular formula is C30H25FN6O3. The largest absolute Gasteiger partial charge is 0.383 e. The number of nitrogens with one attached hydrogen (secondary N) is 1. The standard InChI is InChI=1S/C30H25FN6O3/c1-36-15-23(26-27(32)33-16-34-28(26)36)18-8-10-20(11-9-18)35-29(39)22-13-21-24(6-3-7-25(21)38)37(30(22)40)14-17-4-2-5-19(31)12-17/h2,4-5,8-13,15-16H,3,6-7,14H2,1H3,(H,35,39)(H2,32,33,34). The van der Waals surface area contributed by atoms with Crippen LogP contribution in [0, 0.1) is 5.82 Å². The third kappa shape index (κ3) is 4.43. The molecule has 0 bridgehead atoms. The zero-order valence-corrected chi connectivity index (χ0v) is 21.6. The lowest BCUT2D eigenvalue weighted by Gasteiger charge is -2.21. The van der Waals surface area contributed by atoms with Crippen molar-refractivity contribution in [3.05, 3.63) is 106 Å². The molecule has 9 nitrogen and oxygen atoms in total. The number of amides is 1. The van der Waals surface area contributed by atoms with Crippen LogP contribution in [0.4, 0.5) is 15.9 Å². The van der Waals surface area contributed by atoms with E-state index in [0.717, 1.165) is 16.5 Å². The van der Waals surface area contributed by atoms with E-state index in [1.54, 1.807) is 24.3 Å². The first kappa shape index (κ1) is 25.2. The molecule has 40 heavy (non-hydrogen) atoms. The number of aromatic nitrogens is 4. The average molecular weight is 537 g/mol. The van der Waals surface area contributed by atoms with E-state index in [2.05, 4.69) is 15.3 Å². The SMILES string of the molecule is Cn1cc(-c2ccc(NC(=O)c3cc4c(n(Cc5cccc(F)c5)c3=O)CCCC4=O)cc2)c2c(N)ncnc21. The Balaban J connectivity index is 1.33. The van der Waals surface area contributed by atoms with Crippen LogP contribution in [0.25, 0.3) is 22.2 Å². The van der Waals surface area contributed by atoms with Crippen molar-refractivity contribution in [2.75, 3.05) is 11.1 Å². The molecule has 2 aromatic carbocycles. The van der Waals surface area contributed by atoms with Gasteiger partial charge in [0.25, 0.3) is 11.5 Å². The molecule has 10 heteroatoms. The predicted octanol–water partition coefficient (Wildman–Crippen LogP) is 4.34. The van der Waals surface area contributed by atoms with Crippen molar-refractivity contribution in [2.24, 2.45) is 7.05 Å². The summed E-state index contributed by atoms with van der Waals surface area (Å²) in [7, 11) is 1.87. The lowest BCUT2D eigenvalue weighted by molar-refractivity contribution is 0.0970. The van der Waals surface area contributed by atoms with Crippen LogP contribution < -0.4 is 16.6 Å². The summed E-state index contributed by atoms with van der Waals surface area (Å²) in [6.07, 6.45) is 4.81. The zero-order valence-electron chi connectivity index (χ0n) is 21.6. The molecule has 0 fully saturated rings. The monoisotopic (exact) mass is 536 g/mol. The molecule has 3 N–H and O–H groups in total. The van der Waals surface area contributed by atoms with Crippen molar-refractivity contribution < 1.29 is 14.0 Å². The number of fused-ring (bicyclic) bond motifs is 2. The molecule has 0 saturated heterocycles. The van der Waals surface area contributed by atoms with Crippen LogP contribution in [0.1, 0.15) is 44.8 Å². The minimum atomic E-state index is -0.630. The molecule has 5 aromatic rings. The summed E-state index contributed by atoms with van der Waals surface area (Å²) in [5, 5.41) is 3.51. The summed E-state index contributed by atoms with van der Waals surface area (Å²) in [5.74, 6) is -0.804. The molecular weight excluding hydrogens is 511 g/mol. The summed E-state index contributed by atoms with van der Waals surface area (Å²) < 4.78 is 17.1. The number of carbonyl (C=O) groups excluding carboxylic acids is 2. The quantitative estimate of drug-likeness (QED) is 0.344. The van der Waals surface area contributed by atoms with Crippen LogP contribution in [-0.2, 0) is 20.0 Å². The van der Waals surface area contributed by atoms with Gasteiger partial charge >= 0.3 is 0 Å². The lowest BCUT2D eigenvalue weighted by Crippen LogP contribution is -2.34. The number of hydrogen-bond acceptors (Lipinski definition) is 6. The van der Waals surface area contributed by atoms with Gasteiger partial charge in [0.1, 0.15) is 29.2 Å². The fourth-order valence-corrected chi connectivity index (χ4v) is 5.30. The van der Waals surface area contributed by atoms with Crippen LogP contribution in [-0.4, -0.2) is 30.8 Å². The normalized spacial score (nSPS) is 12.9. The number of Topliss-reactive ketones (excluding diaryl/α,β-unsaturated/α-hetero) is 1. The van der Waals surface area contributed by atoms with Gasteiger partial charge in [-0.3, -0.25) is 14.4 Å². The highest BCUT2D eigenvalue weighted by atomic mass is 19.1. The van der Waals surface area contributed by atoms with Crippen molar-refractivity contribution in [3.63, 3.8) is 0 Å². The minimum absolute atomic E-state index is 0.0555. The van der Waals surface area contributed by atoms with E-state index in [1.807, 2.05) is 29.9 Å². The molecule has 0 saturated carbocycles. The third-order valence-corrected chi connectivity index (χ3v) is 7.23. The molecule has 0 aliphatic heterocycles. The number of anilines is 2. The predicted molar refractivity (Wildman–Crippen MR) is 150 cm³/mol.